The Morgan fingerprint density at radius 1 is 1.18 bits per heavy atom. The molecule has 7 heteroatoms. The van der Waals surface area contributed by atoms with E-state index in [1.165, 1.54) is 6.20 Å². The highest BCUT2D eigenvalue weighted by Crippen LogP contribution is 2.16. The van der Waals surface area contributed by atoms with Crippen molar-refractivity contribution < 1.29 is 18.1 Å². The molecule has 0 spiro atoms. The molecule has 0 aliphatic rings. The number of primary amides is 1. The van der Waals surface area contributed by atoms with Crippen molar-refractivity contribution in [3.63, 3.8) is 0 Å². The molecule has 17 heavy (non-hydrogen) atoms. The van der Waals surface area contributed by atoms with Gasteiger partial charge in [-0.1, -0.05) is 6.08 Å². The monoisotopic (exact) mass is 262 g/mol. The van der Waals surface area contributed by atoms with Crippen molar-refractivity contribution in [1.29, 1.82) is 0 Å². The van der Waals surface area contributed by atoms with Crippen molar-refractivity contribution in [3.05, 3.63) is 12.3 Å². The highest BCUT2D eigenvalue weighted by Gasteiger charge is 2.38. The SMILES string of the molecule is CCO[Si](CC=CNC(N)=O)(OCC)OCC. The summed E-state index contributed by atoms with van der Waals surface area (Å²) < 4.78 is 16.9. The number of carbonyl (C=O) groups is 1. The van der Waals surface area contributed by atoms with Gasteiger partial charge in [0.25, 0.3) is 0 Å². The summed E-state index contributed by atoms with van der Waals surface area (Å²) in [6.07, 6.45) is 3.21. The molecule has 0 aromatic rings. The molecule has 0 aliphatic carbocycles. The normalized spacial score (nSPS) is 11.9. The predicted molar refractivity (Wildman–Crippen MR) is 67.3 cm³/mol. The third-order valence-corrected chi connectivity index (χ3v) is 4.73. The minimum atomic E-state index is -2.65. The van der Waals surface area contributed by atoms with Gasteiger partial charge in [-0.3, -0.25) is 0 Å². The van der Waals surface area contributed by atoms with Crippen LogP contribution in [0.3, 0.4) is 0 Å². The molecule has 2 amide bonds. The molecule has 0 aromatic heterocycles. The molecule has 0 atom stereocenters. The second-order valence-electron chi connectivity index (χ2n) is 3.10. The number of allylic oxidation sites excluding steroid dienone is 1. The Hall–Kier alpha value is -0.893. The summed E-state index contributed by atoms with van der Waals surface area (Å²) in [6, 6.07) is -0.0965. The topological polar surface area (TPSA) is 82.8 Å². The van der Waals surface area contributed by atoms with Gasteiger partial charge in [-0.05, 0) is 20.8 Å². The largest absolute Gasteiger partial charge is 0.504 e. The van der Waals surface area contributed by atoms with Crippen LogP contribution in [-0.2, 0) is 13.3 Å². The maximum absolute atomic E-state index is 10.5. The lowest BCUT2D eigenvalue weighted by atomic mass is 10.7. The summed E-state index contributed by atoms with van der Waals surface area (Å²) in [5.41, 5.74) is 4.93. The number of urea groups is 1. The Bertz CT molecular complexity index is 231. The Balaban J connectivity index is 4.42. The van der Waals surface area contributed by atoms with Crippen LogP contribution in [0.15, 0.2) is 12.3 Å². The number of hydrogen-bond acceptors (Lipinski definition) is 4. The molecule has 6 nitrogen and oxygen atoms in total. The fourth-order valence-corrected chi connectivity index (χ4v) is 3.64. The van der Waals surface area contributed by atoms with Crippen molar-refractivity contribution in [1.82, 2.24) is 5.32 Å². The third-order valence-electron chi connectivity index (χ3n) is 1.80. The van der Waals surface area contributed by atoms with E-state index in [-0.39, 0.29) is 0 Å². The van der Waals surface area contributed by atoms with Crippen LogP contribution in [0.2, 0.25) is 6.04 Å². The van der Waals surface area contributed by atoms with E-state index in [2.05, 4.69) is 5.32 Å². The molecule has 0 saturated carbocycles. The van der Waals surface area contributed by atoms with Gasteiger partial charge < -0.3 is 24.3 Å². The standard InChI is InChI=1S/C10H22N2O4Si/c1-4-14-17(15-5-2,16-6-3)9-7-8-12-10(11)13/h7-8H,4-6,9H2,1-3H3,(H3,11,12,13). The second kappa shape index (κ2) is 9.17. The van der Waals surface area contributed by atoms with Gasteiger partial charge in [-0.2, -0.15) is 0 Å². The number of rotatable bonds is 9. The van der Waals surface area contributed by atoms with Crippen molar-refractivity contribution in [2.45, 2.75) is 26.8 Å². The lowest BCUT2D eigenvalue weighted by Gasteiger charge is -2.27. The summed E-state index contributed by atoms with van der Waals surface area (Å²) in [6.45, 7) is 7.28. The average Bonchev–Trinajstić information content (AvgIpc) is 2.25. The van der Waals surface area contributed by atoms with Crippen molar-refractivity contribution in [3.8, 4) is 0 Å². The van der Waals surface area contributed by atoms with Crippen molar-refractivity contribution in [2.75, 3.05) is 19.8 Å². The fourth-order valence-electron chi connectivity index (χ4n) is 1.31. The minimum absolute atomic E-state index is 0.503. The molecule has 0 unspecified atom stereocenters. The van der Waals surface area contributed by atoms with Gasteiger partial charge in [-0.25, -0.2) is 4.79 Å². The van der Waals surface area contributed by atoms with E-state index in [1.54, 1.807) is 6.08 Å². The Morgan fingerprint density at radius 3 is 2.00 bits per heavy atom. The van der Waals surface area contributed by atoms with Crippen LogP contribution < -0.4 is 11.1 Å². The first-order valence-electron chi connectivity index (χ1n) is 5.73. The van der Waals surface area contributed by atoms with Gasteiger partial charge >= 0.3 is 14.8 Å². The van der Waals surface area contributed by atoms with Gasteiger partial charge in [-0.15, -0.1) is 0 Å². The van der Waals surface area contributed by atoms with E-state index in [9.17, 15) is 4.79 Å². The third kappa shape index (κ3) is 7.11. The van der Waals surface area contributed by atoms with Crippen LogP contribution in [0.5, 0.6) is 0 Å². The van der Waals surface area contributed by atoms with Gasteiger partial charge in [0.15, 0.2) is 0 Å². The molecule has 0 bridgehead atoms. The highest BCUT2D eigenvalue weighted by molar-refractivity contribution is 6.61. The van der Waals surface area contributed by atoms with E-state index >= 15 is 0 Å². The molecule has 0 saturated heterocycles. The molecule has 0 radical (unpaired) electrons. The van der Waals surface area contributed by atoms with E-state index in [1.807, 2.05) is 20.8 Å². The summed E-state index contributed by atoms with van der Waals surface area (Å²) in [7, 11) is -2.65. The van der Waals surface area contributed by atoms with E-state index in [0.717, 1.165) is 0 Å². The lowest BCUT2D eigenvalue weighted by molar-refractivity contribution is 0.0742. The zero-order valence-electron chi connectivity index (χ0n) is 10.7. The van der Waals surface area contributed by atoms with Gasteiger partial charge in [0.2, 0.25) is 0 Å². The maximum atomic E-state index is 10.5. The summed E-state index contributed by atoms with van der Waals surface area (Å²) in [5, 5.41) is 2.36. The molecule has 0 rings (SSSR count). The van der Waals surface area contributed by atoms with Crippen LogP contribution in [0, 0.1) is 0 Å². The minimum Gasteiger partial charge on any atom is -0.374 e. The van der Waals surface area contributed by atoms with Gasteiger partial charge in [0.1, 0.15) is 0 Å². The first kappa shape index (κ1) is 16.1. The fraction of sp³-hybridized carbons (Fsp3) is 0.700. The van der Waals surface area contributed by atoms with Gasteiger partial charge in [0.05, 0.1) is 0 Å². The molecule has 3 N–H and O–H groups in total. The zero-order valence-corrected chi connectivity index (χ0v) is 11.7. The quantitative estimate of drug-likeness (QED) is 0.612. The Kier molecular flexibility index (Phi) is 8.69. The number of carbonyl (C=O) groups excluding carboxylic acids is 1. The summed E-state index contributed by atoms with van der Waals surface area (Å²) in [5.74, 6) is 0. The highest BCUT2D eigenvalue weighted by atomic mass is 28.4. The van der Waals surface area contributed by atoms with E-state index in [0.29, 0.717) is 25.9 Å². The molecule has 0 aliphatic heterocycles. The van der Waals surface area contributed by atoms with Crippen LogP contribution in [0.1, 0.15) is 20.8 Å². The zero-order chi connectivity index (χ0) is 13.1. The predicted octanol–water partition coefficient (Wildman–Crippen LogP) is 1.22. The van der Waals surface area contributed by atoms with Crippen LogP contribution in [-0.4, -0.2) is 34.7 Å². The maximum Gasteiger partial charge on any atom is 0.504 e. The number of nitrogens with two attached hydrogens (primary N) is 1. The average molecular weight is 262 g/mol. The Morgan fingerprint density at radius 2 is 1.65 bits per heavy atom. The van der Waals surface area contributed by atoms with Gasteiger partial charge in [0, 0.05) is 32.1 Å². The van der Waals surface area contributed by atoms with Crippen LogP contribution >= 0.6 is 0 Å². The van der Waals surface area contributed by atoms with E-state index < -0.39 is 14.8 Å². The number of nitrogens with one attached hydrogen (secondary N) is 1. The lowest BCUT2D eigenvalue weighted by Crippen LogP contribution is -2.45. The summed E-state index contributed by atoms with van der Waals surface area (Å²) in [4.78, 5) is 10.5. The van der Waals surface area contributed by atoms with Crippen molar-refractivity contribution >= 4 is 14.8 Å². The van der Waals surface area contributed by atoms with Crippen LogP contribution in [0.25, 0.3) is 0 Å². The molecule has 0 aromatic carbocycles. The van der Waals surface area contributed by atoms with Crippen LogP contribution in [0.4, 0.5) is 4.79 Å². The molecular weight excluding hydrogens is 240 g/mol. The first-order chi connectivity index (χ1) is 8.10. The first-order valence-corrected chi connectivity index (χ1v) is 7.66. The Labute approximate surface area is 103 Å². The number of amides is 2. The molecule has 0 fully saturated rings. The van der Waals surface area contributed by atoms with E-state index in [4.69, 9.17) is 19.0 Å². The smallest absolute Gasteiger partial charge is 0.374 e. The number of hydrogen-bond donors (Lipinski definition) is 2. The molecule has 100 valence electrons. The van der Waals surface area contributed by atoms with Crippen molar-refractivity contribution in [2.24, 2.45) is 5.73 Å². The molecule has 0 heterocycles. The second-order valence-corrected chi connectivity index (χ2v) is 5.74. The molecular formula is C10H22N2O4Si. The summed E-state index contributed by atoms with van der Waals surface area (Å²) >= 11 is 0.